The Kier molecular flexibility index (Phi) is 2.82. The van der Waals surface area contributed by atoms with E-state index in [0.717, 1.165) is 32.7 Å². The van der Waals surface area contributed by atoms with Crippen molar-refractivity contribution in [1.82, 2.24) is 4.90 Å². The van der Waals surface area contributed by atoms with Crippen LogP contribution in [-0.4, -0.2) is 43.8 Å². The van der Waals surface area contributed by atoms with Gasteiger partial charge in [0, 0.05) is 43.8 Å². The molecular formula is C14H17N3. The summed E-state index contributed by atoms with van der Waals surface area (Å²) < 4.78 is 0. The van der Waals surface area contributed by atoms with Gasteiger partial charge in [-0.05, 0) is 18.2 Å². The lowest BCUT2D eigenvalue weighted by atomic mass is 10.2. The van der Waals surface area contributed by atoms with Crippen molar-refractivity contribution >= 4 is 11.9 Å². The van der Waals surface area contributed by atoms with E-state index >= 15 is 0 Å². The van der Waals surface area contributed by atoms with Crippen LogP contribution in [0.4, 0.5) is 5.69 Å². The van der Waals surface area contributed by atoms with Crippen molar-refractivity contribution in [2.75, 3.05) is 37.6 Å². The number of nitrogens with zero attached hydrogens (tertiary/aromatic N) is 3. The van der Waals surface area contributed by atoms with E-state index in [-0.39, 0.29) is 0 Å². The highest BCUT2D eigenvalue weighted by Crippen LogP contribution is 2.18. The molecule has 0 aliphatic carbocycles. The van der Waals surface area contributed by atoms with Crippen LogP contribution in [0.15, 0.2) is 47.1 Å². The molecule has 0 spiro atoms. The fourth-order valence-corrected chi connectivity index (χ4v) is 2.43. The average molecular weight is 227 g/mol. The molecule has 2 aliphatic rings. The zero-order valence-electron chi connectivity index (χ0n) is 9.92. The molecule has 0 bridgehead atoms. The van der Waals surface area contributed by atoms with Crippen LogP contribution in [0.3, 0.4) is 0 Å². The molecule has 0 unspecified atom stereocenters. The lowest BCUT2D eigenvalue weighted by Gasteiger charge is -2.37. The van der Waals surface area contributed by atoms with Crippen LogP contribution >= 0.6 is 0 Å². The van der Waals surface area contributed by atoms with Crippen molar-refractivity contribution < 1.29 is 0 Å². The minimum absolute atomic E-state index is 0.866. The molecule has 0 atom stereocenters. The van der Waals surface area contributed by atoms with Gasteiger partial charge in [0.1, 0.15) is 0 Å². The molecule has 3 rings (SSSR count). The summed E-state index contributed by atoms with van der Waals surface area (Å²) in [5.41, 5.74) is 2.71. The Morgan fingerprint density at radius 1 is 0.882 bits per heavy atom. The van der Waals surface area contributed by atoms with Crippen LogP contribution in [-0.2, 0) is 0 Å². The van der Waals surface area contributed by atoms with Gasteiger partial charge in [0.05, 0.1) is 6.54 Å². The summed E-state index contributed by atoms with van der Waals surface area (Å²) in [6.45, 7) is 5.27. The maximum atomic E-state index is 4.24. The molecule has 3 heteroatoms. The highest BCUT2D eigenvalue weighted by molar-refractivity contribution is 5.75. The van der Waals surface area contributed by atoms with Gasteiger partial charge in [-0.3, -0.25) is 4.99 Å². The molecule has 17 heavy (non-hydrogen) atoms. The standard InChI is InChI=1S/C14H17N3/c1-2-4-13(5-3-1)16-8-10-17(11-9-16)14-6-7-15-12-14/h1-7H,8-12H2. The molecule has 0 amide bonds. The second-order valence-electron chi connectivity index (χ2n) is 4.46. The largest absolute Gasteiger partial charge is 0.370 e. The second-order valence-corrected chi connectivity index (χ2v) is 4.46. The Morgan fingerprint density at radius 3 is 2.24 bits per heavy atom. The van der Waals surface area contributed by atoms with E-state index in [0.29, 0.717) is 0 Å². The highest BCUT2D eigenvalue weighted by atomic mass is 15.3. The van der Waals surface area contributed by atoms with E-state index in [1.165, 1.54) is 11.4 Å². The summed E-state index contributed by atoms with van der Waals surface area (Å²) in [7, 11) is 0. The Morgan fingerprint density at radius 2 is 1.59 bits per heavy atom. The van der Waals surface area contributed by atoms with E-state index in [1.807, 2.05) is 6.21 Å². The molecule has 0 N–H and O–H groups in total. The summed E-state index contributed by atoms with van der Waals surface area (Å²) in [5.74, 6) is 0. The number of hydrogen-bond donors (Lipinski definition) is 0. The number of para-hydroxylation sites is 1. The molecule has 0 aromatic heterocycles. The van der Waals surface area contributed by atoms with Crippen LogP contribution in [0.25, 0.3) is 0 Å². The first-order valence-corrected chi connectivity index (χ1v) is 6.17. The molecule has 2 aliphatic heterocycles. The maximum Gasteiger partial charge on any atom is 0.0788 e. The van der Waals surface area contributed by atoms with E-state index in [1.54, 1.807) is 0 Å². The highest BCUT2D eigenvalue weighted by Gasteiger charge is 2.19. The third-order valence-electron chi connectivity index (χ3n) is 3.43. The van der Waals surface area contributed by atoms with E-state index < -0.39 is 0 Å². The maximum absolute atomic E-state index is 4.24. The average Bonchev–Trinajstić information content (AvgIpc) is 2.94. The fourth-order valence-electron chi connectivity index (χ4n) is 2.43. The zero-order chi connectivity index (χ0) is 11.5. The Labute approximate surface area is 102 Å². The van der Waals surface area contributed by atoms with Gasteiger partial charge in [0.15, 0.2) is 0 Å². The second kappa shape index (κ2) is 4.62. The minimum atomic E-state index is 0.866. The van der Waals surface area contributed by atoms with Crippen molar-refractivity contribution in [1.29, 1.82) is 0 Å². The van der Waals surface area contributed by atoms with Gasteiger partial charge in [0.2, 0.25) is 0 Å². The fraction of sp³-hybridized carbons (Fsp3) is 0.357. The Bertz CT molecular complexity index is 428. The number of rotatable bonds is 2. The monoisotopic (exact) mass is 227 g/mol. The number of anilines is 1. The number of aliphatic imine (C=N–C) groups is 1. The SMILES string of the molecule is C1=NCC(N2CCN(c3ccccc3)CC2)=C1. The normalized spacial score (nSPS) is 19.6. The van der Waals surface area contributed by atoms with E-state index in [2.05, 4.69) is 51.2 Å². The first-order chi connectivity index (χ1) is 8.43. The molecule has 1 fully saturated rings. The van der Waals surface area contributed by atoms with Gasteiger partial charge in [-0.25, -0.2) is 0 Å². The van der Waals surface area contributed by atoms with Crippen molar-refractivity contribution in [3.8, 4) is 0 Å². The summed E-state index contributed by atoms with van der Waals surface area (Å²) in [4.78, 5) is 9.15. The van der Waals surface area contributed by atoms with Crippen LogP contribution in [0, 0.1) is 0 Å². The third kappa shape index (κ3) is 2.18. The molecule has 1 aromatic rings. The van der Waals surface area contributed by atoms with E-state index in [4.69, 9.17) is 0 Å². The Balaban J connectivity index is 1.61. The zero-order valence-corrected chi connectivity index (χ0v) is 9.92. The van der Waals surface area contributed by atoms with Crippen molar-refractivity contribution in [3.63, 3.8) is 0 Å². The third-order valence-corrected chi connectivity index (χ3v) is 3.43. The Hall–Kier alpha value is -1.77. The van der Waals surface area contributed by atoms with Crippen molar-refractivity contribution in [3.05, 3.63) is 42.1 Å². The van der Waals surface area contributed by atoms with E-state index in [9.17, 15) is 0 Å². The molecule has 1 saturated heterocycles. The molecule has 88 valence electrons. The topological polar surface area (TPSA) is 18.8 Å². The van der Waals surface area contributed by atoms with Crippen molar-refractivity contribution in [2.45, 2.75) is 0 Å². The molecule has 1 aromatic carbocycles. The van der Waals surface area contributed by atoms with Gasteiger partial charge in [0.25, 0.3) is 0 Å². The lowest BCUT2D eigenvalue weighted by Crippen LogP contribution is -2.46. The lowest BCUT2D eigenvalue weighted by molar-refractivity contribution is 0.320. The van der Waals surface area contributed by atoms with Gasteiger partial charge in [-0.2, -0.15) is 0 Å². The molecule has 0 saturated carbocycles. The molecule has 3 nitrogen and oxygen atoms in total. The van der Waals surface area contributed by atoms with Gasteiger partial charge >= 0.3 is 0 Å². The van der Waals surface area contributed by atoms with Gasteiger partial charge in [-0.15, -0.1) is 0 Å². The number of allylic oxidation sites excluding steroid dienone is 1. The minimum Gasteiger partial charge on any atom is -0.370 e. The molecule has 0 radical (unpaired) electrons. The first-order valence-electron chi connectivity index (χ1n) is 6.17. The van der Waals surface area contributed by atoms with Crippen LogP contribution in [0.5, 0.6) is 0 Å². The summed E-state index contributed by atoms with van der Waals surface area (Å²) >= 11 is 0. The predicted molar refractivity (Wildman–Crippen MR) is 71.7 cm³/mol. The van der Waals surface area contributed by atoms with Crippen LogP contribution in [0.2, 0.25) is 0 Å². The quantitative estimate of drug-likeness (QED) is 0.767. The number of benzene rings is 1. The first kappa shape index (κ1) is 10.4. The van der Waals surface area contributed by atoms with Crippen molar-refractivity contribution in [2.24, 2.45) is 4.99 Å². The summed E-state index contributed by atoms with van der Waals surface area (Å²) in [6.07, 6.45) is 4.05. The number of hydrogen-bond acceptors (Lipinski definition) is 3. The predicted octanol–water partition coefficient (Wildman–Crippen LogP) is 1.78. The van der Waals surface area contributed by atoms with Gasteiger partial charge in [-0.1, -0.05) is 18.2 Å². The van der Waals surface area contributed by atoms with Crippen LogP contribution < -0.4 is 4.90 Å². The summed E-state index contributed by atoms with van der Waals surface area (Å²) in [5, 5.41) is 0. The summed E-state index contributed by atoms with van der Waals surface area (Å²) in [6, 6.07) is 10.7. The van der Waals surface area contributed by atoms with Gasteiger partial charge < -0.3 is 9.80 Å². The molecule has 2 heterocycles. The molecular weight excluding hydrogens is 210 g/mol. The number of piperazine rings is 1. The smallest absolute Gasteiger partial charge is 0.0788 e. The van der Waals surface area contributed by atoms with Crippen LogP contribution in [0.1, 0.15) is 0 Å².